The van der Waals surface area contributed by atoms with Crippen LogP contribution in [-0.4, -0.2) is 14.7 Å². The third-order valence-electron chi connectivity index (χ3n) is 2.21. The molecule has 2 N–H and O–H groups in total. The predicted molar refractivity (Wildman–Crippen MR) is 62.6 cm³/mol. The molecular formula is C10H21NO4S. The lowest BCUT2D eigenvalue weighted by Gasteiger charge is -2.02. The van der Waals surface area contributed by atoms with Gasteiger partial charge in [0.05, 0.1) is 0 Å². The summed E-state index contributed by atoms with van der Waals surface area (Å²) in [5.41, 5.74) is 0. The van der Waals surface area contributed by atoms with Gasteiger partial charge in [-0.25, -0.2) is 4.21 Å². The molecule has 0 heterocycles. The summed E-state index contributed by atoms with van der Waals surface area (Å²) >= 11 is -2.29. The lowest BCUT2D eigenvalue weighted by molar-refractivity contribution is -0.147. The summed E-state index contributed by atoms with van der Waals surface area (Å²) in [6.07, 6.45) is 8.16. The quantitative estimate of drug-likeness (QED) is 0.355. The summed E-state index contributed by atoms with van der Waals surface area (Å²) in [6, 6.07) is 0. The van der Waals surface area contributed by atoms with Gasteiger partial charge in [0.25, 0.3) is 11.3 Å². The lowest BCUT2D eigenvalue weighted by Crippen LogP contribution is -2.21. The van der Waals surface area contributed by atoms with E-state index in [1.807, 2.05) is 0 Å². The van der Waals surface area contributed by atoms with Gasteiger partial charge in [-0.05, 0) is 11.3 Å². The Morgan fingerprint density at radius 1 is 1.19 bits per heavy atom. The van der Waals surface area contributed by atoms with Crippen molar-refractivity contribution < 1.29 is 18.4 Å². The van der Waals surface area contributed by atoms with Crippen LogP contribution in [0.3, 0.4) is 0 Å². The van der Waals surface area contributed by atoms with Gasteiger partial charge in [-0.2, -0.15) is 0 Å². The summed E-state index contributed by atoms with van der Waals surface area (Å²) in [6.45, 7) is 2.17. The number of hydrogen-bond acceptors (Lipinski definition) is 3. The Balaban J connectivity index is 3.18. The van der Waals surface area contributed by atoms with Crippen molar-refractivity contribution in [1.29, 1.82) is 0 Å². The van der Waals surface area contributed by atoms with Crippen molar-refractivity contribution in [2.24, 2.45) is 0 Å². The number of unbranched alkanes of at least 4 members (excludes halogenated alkanes) is 6. The Bertz CT molecular complexity index is 211. The third-order valence-corrected chi connectivity index (χ3v) is 2.44. The first-order chi connectivity index (χ1) is 7.66. The zero-order chi connectivity index (χ0) is 12.2. The SMILES string of the molecule is CCCCCCCCCC(=O)ONS(=O)O. The number of carbonyl (C=O) groups is 1. The molecule has 0 saturated carbocycles. The van der Waals surface area contributed by atoms with Crippen molar-refractivity contribution in [2.75, 3.05) is 0 Å². The van der Waals surface area contributed by atoms with Crippen LogP contribution in [0.2, 0.25) is 0 Å². The van der Waals surface area contributed by atoms with Crippen LogP contribution in [0.25, 0.3) is 0 Å². The van der Waals surface area contributed by atoms with Crippen LogP contribution in [0.15, 0.2) is 0 Å². The average molecular weight is 251 g/mol. The highest BCUT2D eigenvalue weighted by Crippen LogP contribution is 2.08. The normalized spacial score (nSPS) is 12.4. The van der Waals surface area contributed by atoms with Gasteiger partial charge in [-0.15, -0.1) is 0 Å². The topological polar surface area (TPSA) is 75.6 Å². The molecule has 0 radical (unpaired) electrons. The molecule has 96 valence electrons. The molecule has 0 amide bonds. The van der Waals surface area contributed by atoms with E-state index in [0.717, 1.165) is 19.3 Å². The summed E-state index contributed by atoms with van der Waals surface area (Å²) < 4.78 is 18.4. The van der Waals surface area contributed by atoms with Crippen molar-refractivity contribution in [1.82, 2.24) is 4.89 Å². The van der Waals surface area contributed by atoms with Crippen LogP contribution in [0.4, 0.5) is 0 Å². The van der Waals surface area contributed by atoms with Crippen molar-refractivity contribution in [3.8, 4) is 0 Å². The first-order valence-electron chi connectivity index (χ1n) is 5.73. The molecule has 0 fully saturated rings. The number of rotatable bonds is 10. The fourth-order valence-corrected chi connectivity index (χ4v) is 1.52. The summed E-state index contributed by atoms with van der Waals surface area (Å²) in [5.74, 6) is -0.490. The second-order valence-electron chi connectivity index (χ2n) is 3.68. The Kier molecular flexibility index (Phi) is 10.7. The average Bonchev–Trinajstić information content (AvgIpc) is 2.25. The molecule has 0 aliphatic rings. The fraction of sp³-hybridized carbons (Fsp3) is 0.900. The maximum absolute atomic E-state index is 11.0. The molecule has 0 spiro atoms. The van der Waals surface area contributed by atoms with Gasteiger partial charge < -0.3 is 4.84 Å². The zero-order valence-corrected chi connectivity index (χ0v) is 10.6. The largest absolute Gasteiger partial charge is 0.356 e. The van der Waals surface area contributed by atoms with Crippen molar-refractivity contribution in [2.45, 2.75) is 58.3 Å². The first-order valence-corrected chi connectivity index (χ1v) is 6.83. The van der Waals surface area contributed by atoms with E-state index in [9.17, 15) is 9.00 Å². The second kappa shape index (κ2) is 11.0. The van der Waals surface area contributed by atoms with Gasteiger partial charge in [0, 0.05) is 6.42 Å². The van der Waals surface area contributed by atoms with Gasteiger partial charge in [0.1, 0.15) is 0 Å². The summed E-state index contributed by atoms with van der Waals surface area (Å²) in [7, 11) is 0. The molecule has 1 atom stereocenters. The van der Waals surface area contributed by atoms with Crippen molar-refractivity contribution in [3.63, 3.8) is 0 Å². The van der Waals surface area contributed by atoms with E-state index in [-0.39, 0.29) is 6.42 Å². The summed E-state index contributed by atoms with van der Waals surface area (Å²) in [4.78, 5) is 17.0. The minimum Gasteiger partial charge on any atom is -0.356 e. The molecule has 5 nitrogen and oxygen atoms in total. The molecule has 0 aliphatic carbocycles. The van der Waals surface area contributed by atoms with Crippen molar-refractivity contribution >= 4 is 17.2 Å². The highest BCUT2D eigenvalue weighted by Gasteiger charge is 2.03. The molecule has 6 heteroatoms. The molecule has 0 aromatic carbocycles. The molecule has 0 rings (SSSR count). The van der Waals surface area contributed by atoms with Gasteiger partial charge in [0.2, 0.25) is 0 Å². The van der Waals surface area contributed by atoms with Crippen LogP contribution in [0, 0.1) is 0 Å². The molecular weight excluding hydrogens is 230 g/mol. The molecule has 0 aromatic heterocycles. The standard InChI is InChI=1S/C10H21NO4S/c1-2-3-4-5-6-7-8-9-10(12)15-11-16(13)14/h11H,2-9H2,1H3,(H,13,14). The molecule has 1 unspecified atom stereocenters. The summed E-state index contributed by atoms with van der Waals surface area (Å²) in [5, 5.41) is 0. The molecule has 0 aliphatic heterocycles. The zero-order valence-electron chi connectivity index (χ0n) is 9.74. The predicted octanol–water partition coefficient (Wildman–Crippen LogP) is 2.31. The van der Waals surface area contributed by atoms with E-state index in [4.69, 9.17) is 4.55 Å². The molecule has 16 heavy (non-hydrogen) atoms. The van der Waals surface area contributed by atoms with E-state index in [2.05, 4.69) is 11.8 Å². The molecule has 0 aromatic rings. The van der Waals surface area contributed by atoms with Crippen LogP contribution < -0.4 is 4.89 Å². The Hall–Kier alpha value is -0.460. The molecule has 0 saturated heterocycles. The van der Waals surface area contributed by atoms with Crippen LogP contribution >= 0.6 is 0 Å². The maximum Gasteiger partial charge on any atom is 0.326 e. The van der Waals surface area contributed by atoms with E-state index in [1.54, 1.807) is 4.89 Å². The number of nitrogens with one attached hydrogen (secondary N) is 1. The van der Waals surface area contributed by atoms with E-state index in [0.29, 0.717) is 0 Å². The van der Waals surface area contributed by atoms with Gasteiger partial charge >= 0.3 is 5.97 Å². The number of hydrogen-bond donors (Lipinski definition) is 2. The van der Waals surface area contributed by atoms with Gasteiger partial charge in [0.15, 0.2) is 0 Å². The van der Waals surface area contributed by atoms with Crippen LogP contribution in [-0.2, 0) is 20.9 Å². The van der Waals surface area contributed by atoms with Gasteiger partial charge in [-0.3, -0.25) is 9.35 Å². The lowest BCUT2D eigenvalue weighted by atomic mass is 10.1. The highest BCUT2D eigenvalue weighted by atomic mass is 32.2. The Morgan fingerprint density at radius 2 is 1.75 bits per heavy atom. The highest BCUT2D eigenvalue weighted by molar-refractivity contribution is 7.76. The Labute approximate surface area is 99.3 Å². The smallest absolute Gasteiger partial charge is 0.326 e. The van der Waals surface area contributed by atoms with Crippen LogP contribution in [0.1, 0.15) is 58.3 Å². The number of carbonyl (C=O) groups excluding carboxylic acids is 1. The monoisotopic (exact) mass is 251 g/mol. The van der Waals surface area contributed by atoms with E-state index >= 15 is 0 Å². The minimum atomic E-state index is -2.29. The van der Waals surface area contributed by atoms with Crippen molar-refractivity contribution in [3.05, 3.63) is 0 Å². The maximum atomic E-state index is 11.0. The third kappa shape index (κ3) is 11.6. The van der Waals surface area contributed by atoms with Crippen LogP contribution in [0.5, 0.6) is 0 Å². The fourth-order valence-electron chi connectivity index (χ4n) is 1.36. The van der Waals surface area contributed by atoms with E-state index in [1.165, 1.54) is 25.7 Å². The van der Waals surface area contributed by atoms with Gasteiger partial charge in [-0.1, -0.05) is 45.4 Å². The molecule has 0 bridgehead atoms. The second-order valence-corrected chi connectivity index (χ2v) is 4.34. The first kappa shape index (κ1) is 15.5. The minimum absolute atomic E-state index is 0.290. The van der Waals surface area contributed by atoms with E-state index < -0.39 is 17.2 Å². The Morgan fingerprint density at radius 3 is 2.31 bits per heavy atom.